The summed E-state index contributed by atoms with van der Waals surface area (Å²) in [5, 5.41) is 6.85. The normalized spacial score (nSPS) is 14.9. The summed E-state index contributed by atoms with van der Waals surface area (Å²) in [6.07, 6.45) is -4.42. The van der Waals surface area contributed by atoms with Gasteiger partial charge in [-0.25, -0.2) is 0 Å². The first kappa shape index (κ1) is 12.9. The first-order valence-electron chi connectivity index (χ1n) is 5.03. The smallest absolute Gasteiger partial charge is 0.164 e. The minimum Gasteiger partial charge on any atom is -0.164 e. The third-order valence-corrected chi connectivity index (χ3v) is 2.72. The summed E-state index contributed by atoms with van der Waals surface area (Å²) >= 11 is 0. The van der Waals surface area contributed by atoms with Gasteiger partial charge in [0.15, 0.2) is 5.69 Å². The van der Waals surface area contributed by atoms with E-state index in [9.17, 15) is 13.2 Å². The summed E-state index contributed by atoms with van der Waals surface area (Å²) in [5.74, 6) is 0.0577. The van der Waals surface area contributed by atoms with Crippen LogP contribution in [0, 0.1) is 5.41 Å². The van der Waals surface area contributed by atoms with Crippen molar-refractivity contribution < 1.29 is 13.2 Å². The molecule has 1 rings (SSSR count). The summed E-state index contributed by atoms with van der Waals surface area (Å²) in [6, 6.07) is 2.37. The highest BCUT2D eigenvalue weighted by Gasteiger charge is 2.33. The van der Waals surface area contributed by atoms with Gasteiger partial charge in [-0.05, 0) is 17.5 Å². The molecule has 1 aromatic rings. The molecule has 0 saturated carbocycles. The van der Waals surface area contributed by atoms with Crippen molar-refractivity contribution in [3.8, 4) is 0 Å². The van der Waals surface area contributed by atoms with Crippen LogP contribution >= 0.6 is 0 Å². The lowest BCUT2D eigenvalue weighted by molar-refractivity contribution is -0.141. The van der Waals surface area contributed by atoms with E-state index in [0.29, 0.717) is 5.69 Å². The van der Waals surface area contributed by atoms with Gasteiger partial charge < -0.3 is 0 Å². The average Bonchev–Trinajstić information content (AvgIpc) is 2.14. The van der Waals surface area contributed by atoms with Crippen LogP contribution in [0.3, 0.4) is 0 Å². The summed E-state index contributed by atoms with van der Waals surface area (Å²) in [7, 11) is 0. The van der Waals surface area contributed by atoms with Gasteiger partial charge in [0.25, 0.3) is 0 Å². The molecular formula is C11H15F3N2. The minimum absolute atomic E-state index is 0.0472. The van der Waals surface area contributed by atoms with Gasteiger partial charge in [-0.2, -0.15) is 18.3 Å². The van der Waals surface area contributed by atoms with Crippen molar-refractivity contribution in [3.05, 3.63) is 23.5 Å². The molecule has 1 aromatic heterocycles. The minimum atomic E-state index is -4.42. The van der Waals surface area contributed by atoms with Crippen LogP contribution in [0.2, 0.25) is 0 Å². The van der Waals surface area contributed by atoms with E-state index in [4.69, 9.17) is 0 Å². The van der Waals surface area contributed by atoms with Gasteiger partial charge >= 0.3 is 6.18 Å². The molecular weight excluding hydrogens is 217 g/mol. The maximum atomic E-state index is 12.3. The highest BCUT2D eigenvalue weighted by Crippen LogP contribution is 2.34. The van der Waals surface area contributed by atoms with E-state index >= 15 is 0 Å². The topological polar surface area (TPSA) is 25.8 Å². The molecule has 5 heteroatoms. The fourth-order valence-corrected chi connectivity index (χ4v) is 1.17. The zero-order valence-electron chi connectivity index (χ0n) is 9.76. The number of hydrogen-bond donors (Lipinski definition) is 0. The second-order valence-corrected chi connectivity index (χ2v) is 4.93. The highest BCUT2D eigenvalue weighted by molar-refractivity contribution is 5.14. The lowest BCUT2D eigenvalue weighted by Gasteiger charge is -2.26. The van der Waals surface area contributed by atoms with Gasteiger partial charge in [0.2, 0.25) is 0 Å². The summed E-state index contributed by atoms with van der Waals surface area (Å²) in [4.78, 5) is 0. The van der Waals surface area contributed by atoms with E-state index in [1.54, 1.807) is 0 Å². The zero-order valence-corrected chi connectivity index (χ0v) is 9.76. The van der Waals surface area contributed by atoms with Crippen LogP contribution < -0.4 is 0 Å². The van der Waals surface area contributed by atoms with Crippen molar-refractivity contribution in [1.82, 2.24) is 10.2 Å². The second-order valence-electron chi connectivity index (χ2n) is 4.93. The van der Waals surface area contributed by atoms with Crippen molar-refractivity contribution in [2.24, 2.45) is 5.41 Å². The van der Waals surface area contributed by atoms with Crippen molar-refractivity contribution in [2.75, 3.05) is 0 Å². The molecule has 0 aromatic carbocycles. The molecule has 0 aliphatic rings. The molecule has 0 aliphatic heterocycles. The molecule has 1 heterocycles. The van der Waals surface area contributed by atoms with Gasteiger partial charge in [0.05, 0.1) is 5.69 Å². The van der Waals surface area contributed by atoms with Gasteiger partial charge in [-0.1, -0.05) is 27.7 Å². The Bertz CT molecular complexity index is 349. The molecule has 0 spiro atoms. The van der Waals surface area contributed by atoms with Crippen LogP contribution in [0.4, 0.5) is 13.2 Å². The van der Waals surface area contributed by atoms with Crippen molar-refractivity contribution in [2.45, 2.75) is 39.8 Å². The summed E-state index contributed by atoms with van der Waals surface area (Å²) < 4.78 is 36.8. The molecule has 90 valence electrons. The van der Waals surface area contributed by atoms with Crippen LogP contribution in [0.1, 0.15) is 45.0 Å². The Balaban J connectivity index is 2.96. The standard InChI is InChI=1S/C11H15F3N2/c1-7(10(2,3)4)8-5-6-9(16-15-8)11(12,13)14/h5-7H,1-4H3. The van der Waals surface area contributed by atoms with Crippen molar-refractivity contribution >= 4 is 0 Å². The lowest BCUT2D eigenvalue weighted by atomic mass is 9.80. The van der Waals surface area contributed by atoms with Crippen molar-refractivity contribution in [1.29, 1.82) is 0 Å². The van der Waals surface area contributed by atoms with Crippen molar-refractivity contribution in [3.63, 3.8) is 0 Å². The van der Waals surface area contributed by atoms with Crippen LogP contribution in [0.5, 0.6) is 0 Å². The largest absolute Gasteiger partial charge is 0.435 e. The van der Waals surface area contributed by atoms with Crippen LogP contribution in [-0.2, 0) is 6.18 Å². The Morgan fingerprint density at radius 2 is 1.62 bits per heavy atom. The molecule has 0 N–H and O–H groups in total. The predicted octanol–water partition coefficient (Wildman–Crippen LogP) is 3.65. The lowest BCUT2D eigenvalue weighted by Crippen LogP contribution is -2.18. The molecule has 16 heavy (non-hydrogen) atoms. The second kappa shape index (κ2) is 4.03. The number of aromatic nitrogens is 2. The highest BCUT2D eigenvalue weighted by atomic mass is 19.4. The fraction of sp³-hybridized carbons (Fsp3) is 0.636. The van der Waals surface area contributed by atoms with Gasteiger partial charge in [-0.15, -0.1) is 5.10 Å². The Morgan fingerprint density at radius 3 is 1.94 bits per heavy atom. The van der Waals surface area contributed by atoms with Crippen LogP contribution in [0.25, 0.3) is 0 Å². The molecule has 0 aliphatic carbocycles. The van der Waals surface area contributed by atoms with E-state index in [-0.39, 0.29) is 11.3 Å². The number of hydrogen-bond acceptors (Lipinski definition) is 2. The predicted molar refractivity (Wildman–Crippen MR) is 54.9 cm³/mol. The van der Waals surface area contributed by atoms with E-state index in [0.717, 1.165) is 6.07 Å². The van der Waals surface area contributed by atoms with Crippen LogP contribution in [0.15, 0.2) is 12.1 Å². The molecule has 1 unspecified atom stereocenters. The molecule has 0 radical (unpaired) electrons. The Labute approximate surface area is 92.9 Å². The van der Waals surface area contributed by atoms with Gasteiger partial charge in [0.1, 0.15) is 0 Å². The number of alkyl halides is 3. The first-order valence-corrected chi connectivity index (χ1v) is 5.03. The molecule has 0 amide bonds. The summed E-state index contributed by atoms with van der Waals surface area (Å²) in [5.41, 5.74) is -0.410. The maximum Gasteiger partial charge on any atom is 0.435 e. The number of rotatable bonds is 1. The van der Waals surface area contributed by atoms with Gasteiger partial charge in [-0.3, -0.25) is 0 Å². The van der Waals surface area contributed by atoms with Gasteiger partial charge in [0, 0.05) is 5.92 Å². The third-order valence-electron chi connectivity index (χ3n) is 2.72. The van der Waals surface area contributed by atoms with E-state index < -0.39 is 11.9 Å². The molecule has 1 atom stereocenters. The molecule has 0 fully saturated rings. The fourth-order valence-electron chi connectivity index (χ4n) is 1.17. The average molecular weight is 232 g/mol. The third kappa shape index (κ3) is 2.93. The molecule has 2 nitrogen and oxygen atoms in total. The Morgan fingerprint density at radius 1 is 1.06 bits per heavy atom. The molecule has 0 saturated heterocycles. The monoisotopic (exact) mass is 232 g/mol. The SMILES string of the molecule is CC(c1ccc(C(F)(F)F)nn1)C(C)(C)C. The maximum absolute atomic E-state index is 12.3. The quantitative estimate of drug-likeness (QED) is 0.738. The summed E-state index contributed by atoms with van der Waals surface area (Å²) in [6.45, 7) is 7.96. The zero-order chi connectivity index (χ0) is 12.6. The molecule has 0 bridgehead atoms. The van der Waals surface area contributed by atoms with Crippen LogP contribution in [-0.4, -0.2) is 10.2 Å². The number of halogens is 3. The first-order chi connectivity index (χ1) is 7.12. The Hall–Kier alpha value is -1.13. The van der Waals surface area contributed by atoms with E-state index in [1.807, 2.05) is 27.7 Å². The number of nitrogens with zero attached hydrogens (tertiary/aromatic N) is 2. The van der Waals surface area contributed by atoms with E-state index in [1.165, 1.54) is 6.07 Å². The van der Waals surface area contributed by atoms with E-state index in [2.05, 4.69) is 10.2 Å². The Kier molecular flexibility index (Phi) is 3.26.